The van der Waals surface area contributed by atoms with Crippen molar-refractivity contribution in [1.29, 1.82) is 0 Å². The summed E-state index contributed by atoms with van der Waals surface area (Å²) in [5.41, 5.74) is 3.11. The maximum Gasteiger partial charge on any atom is 0.407 e. The van der Waals surface area contributed by atoms with E-state index in [0.717, 1.165) is 22.3 Å². The van der Waals surface area contributed by atoms with Gasteiger partial charge in [0.05, 0.1) is 0 Å². The van der Waals surface area contributed by atoms with Crippen LogP contribution in [-0.2, 0) is 21.5 Å². The van der Waals surface area contributed by atoms with E-state index in [-0.39, 0.29) is 5.78 Å². The molecule has 27 heavy (non-hydrogen) atoms. The summed E-state index contributed by atoms with van der Waals surface area (Å²) in [6, 6.07) is 16.1. The molecule has 0 fully saturated rings. The third kappa shape index (κ3) is 5.68. The zero-order chi connectivity index (χ0) is 20.2. The molecule has 2 aromatic rings. The molecular weight excluding hydrogens is 338 g/mol. The first-order valence-electron chi connectivity index (χ1n) is 9.17. The van der Waals surface area contributed by atoms with Gasteiger partial charge in [-0.05, 0) is 63.8 Å². The van der Waals surface area contributed by atoms with Crippen LogP contribution in [0.15, 0.2) is 48.5 Å². The van der Waals surface area contributed by atoms with Crippen molar-refractivity contribution in [2.24, 2.45) is 0 Å². The van der Waals surface area contributed by atoms with Gasteiger partial charge in [-0.2, -0.15) is 0 Å². The smallest absolute Gasteiger partial charge is 0.407 e. The molecule has 0 aliphatic rings. The van der Waals surface area contributed by atoms with Crippen LogP contribution in [0.5, 0.6) is 0 Å². The summed E-state index contributed by atoms with van der Waals surface area (Å²) in [5.74, 6) is 0.142. The van der Waals surface area contributed by atoms with Gasteiger partial charge < -0.3 is 10.1 Å². The average Bonchev–Trinajstić information content (AvgIpc) is 2.59. The Hall–Kier alpha value is -2.62. The fourth-order valence-corrected chi connectivity index (χ4v) is 2.59. The number of ketones is 1. The van der Waals surface area contributed by atoms with Crippen molar-refractivity contribution in [1.82, 2.24) is 5.32 Å². The van der Waals surface area contributed by atoms with Gasteiger partial charge in [0.1, 0.15) is 11.4 Å². The average molecular weight is 367 g/mol. The molecule has 1 amide bonds. The van der Waals surface area contributed by atoms with Gasteiger partial charge in [-0.15, -0.1) is 0 Å². The lowest BCUT2D eigenvalue weighted by molar-refractivity contribution is -0.121. The Labute approximate surface area is 161 Å². The molecule has 0 saturated carbocycles. The number of alkyl carbamates (subject to hydrolysis) is 1. The van der Waals surface area contributed by atoms with Crippen molar-refractivity contribution in [2.45, 2.75) is 59.1 Å². The third-order valence-electron chi connectivity index (χ3n) is 4.59. The summed E-state index contributed by atoms with van der Waals surface area (Å²) in [6.07, 6.45) is -0.425. The summed E-state index contributed by atoms with van der Waals surface area (Å²) in [5, 5.41) is 2.76. The van der Waals surface area contributed by atoms with Gasteiger partial charge in [0.25, 0.3) is 0 Å². The third-order valence-corrected chi connectivity index (χ3v) is 4.59. The molecule has 0 heterocycles. The molecule has 0 saturated heterocycles. The Balaban J connectivity index is 2.10. The molecule has 0 unspecified atom stereocenters. The van der Waals surface area contributed by atoms with Gasteiger partial charge in [-0.3, -0.25) is 4.79 Å². The summed E-state index contributed by atoms with van der Waals surface area (Å²) in [4.78, 5) is 23.7. The summed E-state index contributed by atoms with van der Waals surface area (Å²) in [7, 11) is 0. The summed E-state index contributed by atoms with van der Waals surface area (Å²) in [6.45, 7) is 11.4. The first-order chi connectivity index (χ1) is 12.5. The highest BCUT2D eigenvalue weighted by atomic mass is 16.6. The molecule has 0 bridgehead atoms. The second-order valence-corrected chi connectivity index (χ2v) is 8.31. The standard InChI is InChI=1S/C23H29NO3/c1-16(25)23(5,6)20-9-7-8-19(14-20)18-12-10-17(11-13-18)15-24-21(26)27-22(2,3)4/h7-14H,15H2,1-6H3,(H,24,26). The van der Waals surface area contributed by atoms with Crippen LogP contribution in [-0.4, -0.2) is 17.5 Å². The van der Waals surface area contributed by atoms with Crippen molar-refractivity contribution in [3.05, 3.63) is 59.7 Å². The number of amides is 1. The largest absolute Gasteiger partial charge is 0.444 e. The highest BCUT2D eigenvalue weighted by molar-refractivity contribution is 5.87. The number of nitrogens with one attached hydrogen (secondary N) is 1. The Morgan fingerprint density at radius 1 is 0.926 bits per heavy atom. The van der Waals surface area contributed by atoms with Crippen LogP contribution in [0.2, 0.25) is 0 Å². The topological polar surface area (TPSA) is 55.4 Å². The molecule has 0 aliphatic heterocycles. The number of hydrogen-bond donors (Lipinski definition) is 1. The minimum Gasteiger partial charge on any atom is -0.444 e. The quantitative estimate of drug-likeness (QED) is 0.786. The molecule has 0 aromatic heterocycles. The first kappa shape index (κ1) is 20.7. The van der Waals surface area contributed by atoms with Crippen LogP contribution >= 0.6 is 0 Å². The monoisotopic (exact) mass is 367 g/mol. The Bertz CT molecular complexity index is 814. The molecule has 2 rings (SSSR count). The number of Topliss-reactive ketones (excluding diaryl/α,β-unsaturated/α-hetero) is 1. The molecule has 0 atom stereocenters. The Kier molecular flexibility index (Phi) is 6.09. The van der Waals surface area contributed by atoms with Crippen molar-refractivity contribution in [3.63, 3.8) is 0 Å². The SMILES string of the molecule is CC(=O)C(C)(C)c1cccc(-c2ccc(CNC(=O)OC(C)(C)C)cc2)c1. The van der Waals surface area contributed by atoms with Gasteiger partial charge in [0.15, 0.2) is 0 Å². The van der Waals surface area contributed by atoms with Crippen molar-refractivity contribution in [3.8, 4) is 11.1 Å². The molecule has 4 heteroatoms. The zero-order valence-electron chi connectivity index (χ0n) is 17.1. The van der Waals surface area contributed by atoms with Crippen LogP contribution in [0, 0.1) is 0 Å². The Morgan fingerprint density at radius 2 is 1.56 bits per heavy atom. The molecule has 144 valence electrons. The highest BCUT2D eigenvalue weighted by Crippen LogP contribution is 2.29. The predicted molar refractivity (Wildman–Crippen MR) is 109 cm³/mol. The predicted octanol–water partition coefficient (Wildman–Crippen LogP) is 5.24. The van der Waals surface area contributed by atoms with Crippen LogP contribution in [0.4, 0.5) is 4.79 Å². The van der Waals surface area contributed by atoms with Crippen molar-refractivity contribution in [2.75, 3.05) is 0 Å². The lowest BCUT2D eigenvalue weighted by atomic mass is 9.80. The van der Waals surface area contributed by atoms with Crippen LogP contribution in [0.1, 0.15) is 52.7 Å². The van der Waals surface area contributed by atoms with E-state index in [1.54, 1.807) is 6.92 Å². The Morgan fingerprint density at radius 3 is 2.11 bits per heavy atom. The second kappa shape index (κ2) is 7.95. The van der Waals surface area contributed by atoms with Gasteiger partial charge >= 0.3 is 6.09 Å². The van der Waals surface area contributed by atoms with Crippen molar-refractivity contribution < 1.29 is 14.3 Å². The highest BCUT2D eigenvalue weighted by Gasteiger charge is 2.26. The maximum atomic E-state index is 11.9. The van der Waals surface area contributed by atoms with Gasteiger partial charge in [0, 0.05) is 12.0 Å². The number of benzene rings is 2. The normalized spacial score (nSPS) is 11.8. The molecule has 0 spiro atoms. The lowest BCUT2D eigenvalue weighted by Gasteiger charge is -2.22. The molecule has 0 aliphatic carbocycles. The first-order valence-corrected chi connectivity index (χ1v) is 9.17. The van der Waals surface area contributed by atoms with E-state index in [2.05, 4.69) is 11.4 Å². The number of carbonyl (C=O) groups excluding carboxylic acids is 2. The lowest BCUT2D eigenvalue weighted by Crippen LogP contribution is -2.32. The van der Waals surface area contributed by atoms with Crippen LogP contribution in [0.3, 0.4) is 0 Å². The number of ether oxygens (including phenoxy) is 1. The van der Waals surface area contributed by atoms with Gasteiger partial charge in [0.2, 0.25) is 0 Å². The van der Waals surface area contributed by atoms with E-state index in [1.165, 1.54) is 0 Å². The van der Waals surface area contributed by atoms with Gasteiger partial charge in [-0.1, -0.05) is 48.5 Å². The second-order valence-electron chi connectivity index (χ2n) is 8.31. The van der Waals surface area contributed by atoms with E-state index in [1.807, 2.05) is 77.1 Å². The summed E-state index contributed by atoms with van der Waals surface area (Å²) < 4.78 is 5.24. The van der Waals surface area contributed by atoms with Gasteiger partial charge in [-0.25, -0.2) is 4.79 Å². The minimum absolute atomic E-state index is 0.142. The van der Waals surface area contributed by atoms with Crippen LogP contribution < -0.4 is 5.32 Å². The number of rotatable bonds is 5. The van der Waals surface area contributed by atoms with E-state index in [0.29, 0.717) is 6.54 Å². The zero-order valence-corrected chi connectivity index (χ0v) is 17.1. The molecule has 1 N–H and O–H groups in total. The fourth-order valence-electron chi connectivity index (χ4n) is 2.59. The maximum absolute atomic E-state index is 11.9. The molecule has 4 nitrogen and oxygen atoms in total. The van der Waals surface area contributed by atoms with Crippen molar-refractivity contribution >= 4 is 11.9 Å². The van der Waals surface area contributed by atoms with E-state index >= 15 is 0 Å². The van der Waals surface area contributed by atoms with E-state index in [9.17, 15) is 9.59 Å². The summed E-state index contributed by atoms with van der Waals surface area (Å²) >= 11 is 0. The van der Waals surface area contributed by atoms with Crippen LogP contribution in [0.25, 0.3) is 11.1 Å². The van der Waals surface area contributed by atoms with E-state index < -0.39 is 17.1 Å². The molecule has 2 aromatic carbocycles. The minimum atomic E-state index is -0.507. The number of carbonyl (C=O) groups is 2. The molecule has 0 radical (unpaired) electrons. The molecular formula is C23H29NO3. The number of hydrogen-bond acceptors (Lipinski definition) is 3. The van der Waals surface area contributed by atoms with E-state index in [4.69, 9.17) is 4.74 Å². The fraction of sp³-hybridized carbons (Fsp3) is 0.391.